The van der Waals surface area contributed by atoms with Crippen LogP contribution in [-0.4, -0.2) is 5.11 Å². The number of phenolic OH excluding ortho intramolecular Hbond substituents is 1. The maximum absolute atomic E-state index is 9.35. The van der Waals surface area contributed by atoms with E-state index in [1.807, 2.05) is 19.9 Å². The van der Waals surface area contributed by atoms with Crippen molar-refractivity contribution in [1.82, 2.24) is 0 Å². The first-order chi connectivity index (χ1) is 8.20. The Kier molecular flexibility index (Phi) is 5.02. The first-order valence-corrected chi connectivity index (χ1v) is 6.43. The van der Waals surface area contributed by atoms with Gasteiger partial charge in [0.1, 0.15) is 5.75 Å². The fourth-order valence-electron chi connectivity index (χ4n) is 1.79. The molecule has 17 heavy (non-hydrogen) atoms. The second-order valence-corrected chi connectivity index (χ2v) is 4.10. The van der Waals surface area contributed by atoms with Crippen molar-refractivity contribution >= 4 is 10.8 Å². The standard InChI is InChI=1S/C14H16O.C2H6/c1-3-10(2)11-4-5-13-9-14(15)7-6-12(13)8-11;1-2/h4-10,15H,3H2,1-2H3;1-2H3. The van der Waals surface area contributed by atoms with E-state index < -0.39 is 0 Å². The molecule has 1 N–H and O–H groups in total. The predicted molar refractivity (Wildman–Crippen MR) is 75.7 cm³/mol. The van der Waals surface area contributed by atoms with Crippen molar-refractivity contribution in [3.63, 3.8) is 0 Å². The van der Waals surface area contributed by atoms with Gasteiger partial charge in [-0.3, -0.25) is 0 Å². The van der Waals surface area contributed by atoms with Gasteiger partial charge in [-0.2, -0.15) is 0 Å². The molecule has 1 nitrogen and oxygen atoms in total. The van der Waals surface area contributed by atoms with E-state index in [-0.39, 0.29) is 0 Å². The van der Waals surface area contributed by atoms with Crippen molar-refractivity contribution in [2.45, 2.75) is 40.0 Å². The highest BCUT2D eigenvalue weighted by molar-refractivity contribution is 5.84. The van der Waals surface area contributed by atoms with E-state index >= 15 is 0 Å². The molecular formula is C16H22O. The lowest BCUT2D eigenvalue weighted by atomic mass is 9.96. The van der Waals surface area contributed by atoms with Crippen LogP contribution in [0.25, 0.3) is 10.8 Å². The molecule has 0 saturated heterocycles. The Labute approximate surface area is 104 Å². The van der Waals surface area contributed by atoms with E-state index in [1.54, 1.807) is 12.1 Å². The van der Waals surface area contributed by atoms with Gasteiger partial charge in [-0.15, -0.1) is 0 Å². The van der Waals surface area contributed by atoms with Gasteiger partial charge in [0.15, 0.2) is 0 Å². The second-order valence-electron chi connectivity index (χ2n) is 4.10. The first kappa shape index (κ1) is 13.6. The smallest absolute Gasteiger partial charge is 0.116 e. The van der Waals surface area contributed by atoms with Crippen molar-refractivity contribution in [2.75, 3.05) is 0 Å². The molecule has 0 aromatic heterocycles. The molecule has 2 rings (SSSR count). The van der Waals surface area contributed by atoms with Crippen LogP contribution < -0.4 is 0 Å². The predicted octanol–water partition coefficient (Wildman–Crippen LogP) is 5.09. The summed E-state index contributed by atoms with van der Waals surface area (Å²) in [6.45, 7) is 8.44. The Bertz CT molecular complexity index is 474. The third-order valence-electron chi connectivity index (χ3n) is 3.03. The van der Waals surface area contributed by atoms with Crippen molar-refractivity contribution in [3.8, 4) is 5.75 Å². The van der Waals surface area contributed by atoms with Gasteiger partial charge in [-0.05, 0) is 40.8 Å². The third kappa shape index (κ3) is 3.23. The molecule has 2 aromatic carbocycles. The molecule has 0 aliphatic heterocycles. The number of fused-ring (bicyclic) bond motifs is 1. The normalized spacial score (nSPS) is 11.8. The summed E-state index contributed by atoms with van der Waals surface area (Å²) < 4.78 is 0. The molecule has 92 valence electrons. The minimum Gasteiger partial charge on any atom is -0.508 e. The summed E-state index contributed by atoms with van der Waals surface area (Å²) in [5, 5.41) is 11.7. The highest BCUT2D eigenvalue weighted by Gasteiger charge is 2.03. The van der Waals surface area contributed by atoms with Gasteiger partial charge >= 0.3 is 0 Å². The summed E-state index contributed by atoms with van der Waals surface area (Å²) in [5.74, 6) is 0.932. The Morgan fingerprint density at radius 1 is 1.00 bits per heavy atom. The van der Waals surface area contributed by atoms with Gasteiger partial charge < -0.3 is 5.11 Å². The van der Waals surface area contributed by atoms with Crippen LogP contribution in [0.2, 0.25) is 0 Å². The van der Waals surface area contributed by atoms with E-state index in [9.17, 15) is 5.11 Å². The SMILES string of the molecule is CC.CCC(C)c1ccc2cc(O)ccc2c1. The second kappa shape index (κ2) is 6.29. The Balaban J connectivity index is 0.000000686. The van der Waals surface area contributed by atoms with Crippen molar-refractivity contribution in [1.29, 1.82) is 0 Å². The van der Waals surface area contributed by atoms with Gasteiger partial charge in [0, 0.05) is 0 Å². The minimum atomic E-state index is 0.332. The van der Waals surface area contributed by atoms with E-state index in [2.05, 4.69) is 32.0 Å². The van der Waals surface area contributed by atoms with E-state index in [1.165, 1.54) is 10.9 Å². The number of rotatable bonds is 2. The molecule has 1 unspecified atom stereocenters. The molecular weight excluding hydrogens is 208 g/mol. The summed E-state index contributed by atoms with van der Waals surface area (Å²) in [6.07, 6.45) is 1.16. The summed E-state index contributed by atoms with van der Waals surface area (Å²) in [4.78, 5) is 0. The van der Waals surface area contributed by atoms with Crippen molar-refractivity contribution < 1.29 is 5.11 Å². The zero-order chi connectivity index (χ0) is 12.8. The molecule has 0 saturated carbocycles. The maximum Gasteiger partial charge on any atom is 0.116 e. The molecule has 0 bridgehead atoms. The van der Waals surface area contributed by atoms with Crippen LogP contribution in [0, 0.1) is 0 Å². The molecule has 0 aliphatic carbocycles. The molecule has 2 aromatic rings. The van der Waals surface area contributed by atoms with Crippen LogP contribution in [0.1, 0.15) is 45.6 Å². The average molecular weight is 230 g/mol. The molecule has 0 fully saturated rings. The Morgan fingerprint density at radius 2 is 1.59 bits per heavy atom. The van der Waals surface area contributed by atoms with Crippen LogP contribution in [0.4, 0.5) is 0 Å². The highest BCUT2D eigenvalue weighted by Crippen LogP contribution is 2.25. The van der Waals surface area contributed by atoms with Crippen LogP contribution >= 0.6 is 0 Å². The molecule has 0 aliphatic rings. The largest absolute Gasteiger partial charge is 0.508 e. The molecule has 0 heterocycles. The molecule has 1 atom stereocenters. The molecule has 1 heteroatoms. The van der Waals surface area contributed by atoms with Gasteiger partial charge in [-0.25, -0.2) is 0 Å². The fourth-order valence-corrected chi connectivity index (χ4v) is 1.79. The summed E-state index contributed by atoms with van der Waals surface area (Å²) in [6, 6.07) is 11.9. The summed E-state index contributed by atoms with van der Waals surface area (Å²) in [5.41, 5.74) is 1.37. The van der Waals surface area contributed by atoms with Crippen LogP contribution in [0.15, 0.2) is 36.4 Å². The molecule has 0 amide bonds. The third-order valence-corrected chi connectivity index (χ3v) is 3.03. The monoisotopic (exact) mass is 230 g/mol. The summed E-state index contributed by atoms with van der Waals surface area (Å²) in [7, 11) is 0. The summed E-state index contributed by atoms with van der Waals surface area (Å²) >= 11 is 0. The van der Waals surface area contributed by atoms with Gasteiger partial charge in [0.05, 0.1) is 0 Å². The average Bonchev–Trinajstić information content (AvgIpc) is 2.39. The zero-order valence-corrected chi connectivity index (χ0v) is 11.2. The van der Waals surface area contributed by atoms with Gasteiger partial charge in [-0.1, -0.05) is 52.0 Å². The lowest BCUT2D eigenvalue weighted by molar-refractivity contribution is 0.476. The first-order valence-electron chi connectivity index (χ1n) is 6.43. The van der Waals surface area contributed by atoms with E-state index in [4.69, 9.17) is 0 Å². The maximum atomic E-state index is 9.35. The lowest BCUT2D eigenvalue weighted by Gasteiger charge is -2.09. The van der Waals surface area contributed by atoms with Crippen molar-refractivity contribution in [3.05, 3.63) is 42.0 Å². The number of benzene rings is 2. The number of hydrogen-bond acceptors (Lipinski definition) is 1. The van der Waals surface area contributed by atoms with Crippen LogP contribution in [0.5, 0.6) is 5.75 Å². The number of aromatic hydroxyl groups is 1. The van der Waals surface area contributed by atoms with E-state index in [0.29, 0.717) is 11.7 Å². The number of phenols is 1. The van der Waals surface area contributed by atoms with Gasteiger partial charge in [0.2, 0.25) is 0 Å². The van der Waals surface area contributed by atoms with Crippen LogP contribution in [0.3, 0.4) is 0 Å². The molecule has 0 radical (unpaired) electrons. The Morgan fingerprint density at radius 3 is 2.24 bits per heavy atom. The minimum absolute atomic E-state index is 0.332. The fraction of sp³-hybridized carbons (Fsp3) is 0.375. The highest BCUT2D eigenvalue weighted by atomic mass is 16.3. The Hall–Kier alpha value is -1.50. The quantitative estimate of drug-likeness (QED) is 0.762. The number of hydrogen-bond donors (Lipinski definition) is 1. The van der Waals surface area contributed by atoms with Crippen LogP contribution in [-0.2, 0) is 0 Å². The topological polar surface area (TPSA) is 20.2 Å². The van der Waals surface area contributed by atoms with Crippen molar-refractivity contribution in [2.24, 2.45) is 0 Å². The zero-order valence-electron chi connectivity index (χ0n) is 11.2. The van der Waals surface area contributed by atoms with E-state index in [0.717, 1.165) is 11.8 Å². The lowest BCUT2D eigenvalue weighted by Crippen LogP contribution is -1.90. The van der Waals surface area contributed by atoms with Gasteiger partial charge in [0.25, 0.3) is 0 Å². The molecule has 0 spiro atoms.